The third-order valence-electron chi connectivity index (χ3n) is 7.22. The highest BCUT2D eigenvalue weighted by Gasteiger charge is 2.21. The molecular formula is C29H34N4O2. The minimum Gasteiger partial charge on any atom is -0.481 e. The van der Waals surface area contributed by atoms with Crippen molar-refractivity contribution in [3.8, 4) is 0 Å². The fourth-order valence-corrected chi connectivity index (χ4v) is 5.01. The van der Waals surface area contributed by atoms with Gasteiger partial charge in [0.2, 0.25) is 0 Å². The van der Waals surface area contributed by atoms with Crippen molar-refractivity contribution < 1.29 is 9.90 Å². The van der Waals surface area contributed by atoms with E-state index in [-0.39, 0.29) is 11.8 Å². The lowest BCUT2D eigenvalue weighted by molar-refractivity contribution is -0.141. The molecular weight excluding hydrogens is 436 g/mol. The Morgan fingerprint density at radius 3 is 2.54 bits per heavy atom. The number of carboxylic acid groups (broad SMARTS) is 1. The number of H-pyrrole nitrogens is 1. The second kappa shape index (κ2) is 10.2. The van der Waals surface area contributed by atoms with E-state index in [4.69, 9.17) is 10.1 Å². The average Bonchev–Trinajstić information content (AvgIpc) is 3.29. The van der Waals surface area contributed by atoms with Crippen molar-refractivity contribution in [3.63, 3.8) is 0 Å². The minimum atomic E-state index is -0.712. The molecule has 1 aliphatic carbocycles. The zero-order valence-corrected chi connectivity index (χ0v) is 20.6. The van der Waals surface area contributed by atoms with Crippen molar-refractivity contribution in [1.82, 2.24) is 19.8 Å². The SMILES string of the molecule is Cc1ccc2nc([C@H]3C=CC(c4ccc(CN5CCN(C[C@H](C)C(=O)O)CC5)cc4)=CC3)[nH]c2c1. The van der Waals surface area contributed by atoms with Gasteiger partial charge in [-0.1, -0.05) is 55.5 Å². The summed E-state index contributed by atoms with van der Waals surface area (Å²) in [6, 6.07) is 15.3. The topological polar surface area (TPSA) is 72.5 Å². The molecule has 0 spiro atoms. The molecule has 0 saturated carbocycles. The van der Waals surface area contributed by atoms with Gasteiger partial charge in [0.1, 0.15) is 5.82 Å². The van der Waals surface area contributed by atoms with E-state index in [0.717, 1.165) is 56.0 Å². The number of nitrogens with zero attached hydrogens (tertiary/aromatic N) is 3. The number of hydrogen-bond acceptors (Lipinski definition) is 4. The summed E-state index contributed by atoms with van der Waals surface area (Å²) in [6.45, 7) is 9.27. The number of hydrogen-bond donors (Lipinski definition) is 2. The lowest BCUT2D eigenvalue weighted by Gasteiger charge is -2.35. The number of aromatic amines is 1. The van der Waals surface area contributed by atoms with E-state index >= 15 is 0 Å². The number of rotatable bonds is 7. The van der Waals surface area contributed by atoms with Crippen LogP contribution in [0.5, 0.6) is 0 Å². The number of carbonyl (C=O) groups is 1. The Morgan fingerprint density at radius 2 is 1.86 bits per heavy atom. The summed E-state index contributed by atoms with van der Waals surface area (Å²) < 4.78 is 0. The first kappa shape index (κ1) is 23.5. The number of benzene rings is 2. The van der Waals surface area contributed by atoms with Gasteiger partial charge in [0.05, 0.1) is 17.0 Å². The Balaban J connectivity index is 1.14. The van der Waals surface area contributed by atoms with Gasteiger partial charge in [-0.3, -0.25) is 14.6 Å². The van der Waals surface area contributed by atoms with E-state index in [9.17, 15) is 4.79 Å². The van der Waals surface area contributed by atoms with Crippen molar-refractivity contribution in [3.05, 3.63) is 83.2 Å². The largest absolute Gasteiger partial charge is 0.481 e. The molecule has 5 rings (SSSR count). The van der Waals surface area contributed by atoms with Crippen molar-refractivity contribution in [1.29, 1.82) is 0 Å². The molecule has 0 unspecified atom stereocenters. The monoisotopic (exact) mass is 470 g/mol. The molecule has 0 radical (unpaired) electrons. The van der Waals surface area contributed by atoms with E-state index in [1.165, 1.54) is 22.3 Å². The maximum absolute atomic E-state index is 11.1. The Kier molecular flexibility index (Phi) is 6.84. The molecule has 0 bridgehead atoms. The first-order chi connectivity index (χ1) is 16.9. The zero-order chi connectivity index (χ0) is 24.4. The number of aromatic nitrogens is 2. The summed E-state index contributed by atoms with van der Waals surface area (Å²) in [5.74, 6) is 0.291. The number of nitrogens with one attached hydrogen (secondary N) is 1. The van der Waals surface area contributed by atoms with Crippen LogP contribution in [0.3, 0.4) is 0 Å². The van der Waals surface area contributed by atoms with Crippen LogP contribution in [0.4, 0.5) is 0 Å². The highest BCUT2D eigenvalue weighted by molar-refractivity contribution is 5.77. The van der Waals surface area contributed by atoms with Gasteiger partial charge in [0.15, 0.2) is 0 Å². The van der Waals surface area contributed by atoms with Crippen LogP contribution in [0.15, 0.2) is 60.7 Å². The Bertz CT molecular complexity index is 1250. The minimum absolute atomic E-state index is 0.280. The molecule has 3 aromatic rings. The Labute approximate surface area is 207 Å². The van der Waals surface area contributed by atoms with Gasteiger partial charge in [0, 0.05) is 45.2 Å². The molecule has 35 heavy (non-hydrogen) atoms. The fourth-order valence-electron chi connectivity index (χ4n) is 5.01. The van der Waals surface area contributed by atoms with E-state index in [0.29, 0.717) is 6.54 Å². The van der Waals surface area contributed by atoms with Crippen molar-refractivity contribution in [2.75, 3.05) is 32.7 Å². The lowest BCUT2D eigenvalue weighted by Crippen LogP contribution is -2.47. The predicted molar refractivity (Wildman–Crippen MR) is 140 cm³/mol. The number of fused-ring (bicyclic) bond motifs is 1. The third kappa shape index (κ3) is 5.55. The molecule has 2 heterocycles. The van der Waals surface area contributed by atoms with Crippen LogP contribution in [0.2, 0.25) is 0 Å². The molecule has 2 aliphatic rings. The second-order valence-corrected chi connectivity index (χ2v) is 10.0. The normalized spacial score (nSPS) is 20.2. The molecule has 1 aliphatic heterocycles. The van der Waals surface area contributed by atoms with E-state index < -0.39 is 5.97 Å². The fraction of sp³-hybridized carbons (Fsp3) is 0.379. The summed E-state index contributed by atoms with van der Waals surface area (Å²) in [4.78, 5) is 24.1. The summed E-state index contributed by atoms with van der Waals surface area (Å²) in [6.07, 6.45) is 7.74. The summed E-state index contributed by atoms with van der Waals surface area (Å²) in [5.41, 5.74) is 7.20. The number of aliphatic carboxylic acids is 1. The van der Waals surface area contributed by atoms with Crippen LogP contribution < -0.4 is 0 Å². The van der Waals surface area contributed by atoms with Crippen molar-refractivity contribution in [2.45, 2.75) is 32.7 Å². The molecule has 2 N–H and O–H groups in total. The van der Waals surface area contributed by atoms with Crippen LogP contribution in [0.25, 0.3) is 16.6 Å². The quantitative estimate of drug-likeness (QED) is 0.517. The molecule has 1 saturated heterocycles. The molecule has 6 nitrogen and oxygen atoms in total. The van der Waals surface area contributed by atoms with Crippen LogP contribution >= 0.6 is 0 Å². The maximum atomic E-state index is 11.1. The highest BCUT2D eigenvalue weighted by atomic mass is 16.4. The van der Waals surface area contributed by atoms with Crippen molar-refractivity contribution >= 4 is 22.6 Å². The Hall–Kier alpha value is -3.22. The molecule has 2 aromatic carbocycles. The van der Waals surface area contributed by atoms with E-state index in [1.54, 1.807) is 6.92 Å². The summed E-state index contributed by atoms with van der Waals surface area (Å²) >= 11 is 0. The van der Waals surface area contributed by atoms with Crippen LogP contribution in [0.1, 0.15) is 41.8 Å². The number of aryl methyl sites for hydroxylation is 1. The maximum Gasteiger partial charge on any atom is 0.307 e. The Morgan fingerprint density at radius 1 is 1.11 bits per heavy atom. The van der Waals surface area contributed by atoms with Crippen LogP contribution in [0, 0.1) is 12.8 Å². The third-order valence-corrected chi connectivity index (χ3v) is 7.22. The second-order valence-electron chi connectivity index (χ2n) is 10.0. The van der Waals surface area contributed by atoms with Gasteiger partial charge >= 0.3 is 5.97 Å². The van der Waals surface area contributed by atoms with Crippen LogP contribution in [-0.4, -0.2) is 63.6 Å². The number of allylic oxidation sites excluding steroid dienone is 4. The van der Waals surface area contributed by atoms with Gasteiger partial charge in [-0.15, -0.1) is 0 Å². The molecule has 1 aromatic heterocycles. The smallest absolute Gasteiger partial charge is 0.307 e. The molecule has 0 amide bonds. The highest BCUT2D eigenvalue weighted by Crippen LogP contribution is 2.30. The van der Waals surface area contributed by atoms with Crippen LogP contribution in [-0.2, 0) is 11.3 Å². The average molecular weight is 471 g/mol. The standard InChI is InChI=1S/C29H34N4O2/c1-20-3-12-26-27(17-20)31-28(30-26)25-10-8-24(9-11-25)23-6-4-22(5-7-23)19-33-15-13-32(14-16-33)18-21(2)29(34)35/h3-10,12,17,21,25H,11,13-16,18-19H2,1-2H3,(H,30,31)(H,34,35)/t21-,25-/m0/s1. The number of carboxylic acids is 1. The summed E-state index contributed by atoms with van der Waals surface area (Å²) in [5, 5.41) is 9.13. The molecule has 2 atom stereocenters. The van der Waals surface area contributed by atoms with E-state index in [2.05, 4.69) is 82.4 Å². The first-order valence-corrected chi connectivity index (χ1v) is 12.6. The molecule has 6 heteroatoms. The predicted octanol–water partition coefficient (Wildman–Crippen LogP) is 4.84. The summed E-state index contributed by atoms with van der Waals surface area (Å²) in [7, 11) is 0. The van der Waals surface area contributed by atoms with Gasteiger partial charge in [-0.25, -0.2) is 4.98 Å². The van der Waals surface area contributed by atoms with Gasteiger partial charge < -0.3 is 10.1 Å². The zero-order valence-electron chi connectivity index (χ0n) is 20.6. The van der Waals surface area contributed by atoms with Gasteiger partial charge in [-0.2, -0.15) is 0 Å². The van der Waals surface area contributed by atoms with Gasteiger partial charge in [-0.05, 0) is 47.7 Å². The van der Waals surface area contributed by atoms with Gasteiger partial charge in [0.25, 0.3) is 0 Å². The number of piperazine rings is 1. The van der Waals surface area contributed by atoms with E-state index in [1.807, 2.05) is 0 Å². The molecule has 182 valence electrons. The first-order valence-electron chi connectivity index (χ1n) is 12.6. The number of imidazole rings is 1. The molecule has 1 fully saturated rings. The lowest BCUT2D eigenvalue weighted by atomic mass is 9.92. The van der Waals surface area contributed by atoms with Crippen molar-refractivity contribution in [2.24, 2.45) is 5.92 Å².